The third-order valence-electron chi connectivity index (χ3n) is 2.59. The molecule has 1 amide bonds. The Morgan fingerprint density at radius 2 is 2.07 bits per heavy atom. The Bertz CT molecular complexity index is 199. The number of hydrogen-bond acceptors (Lipinski definition) is 2. The highest BCUT2D eigenvalue weighted by Gasteiger charge is 2.34. The number of rotatable bonds is 5. The predicted molar refractivity (Wildman–Crippen MR) is 57.8 cm³/mol. The van der Waals surface area contributed by atoms with Crippen LogP contribution in [-0.2, 0) is 4.79 Å². The molecule has 3 nitrogen and oxygen atoms in total. The van der Waals surface area contributed by atoms with E-state index in [1.807, 2.05) is 11.8 Å². The quantitative estimate of drug-likeness (QED) is 0.725. The maximum Gasteiger partial charge on any atom is 0.239 e. The van der Waals surface area contributed by atoms with Crippen molar-refractivity contribution >= 4 is 5.91 Å². The van der Waals surface area contributed by atoms with Gasteiger partial charge in [0, 0.05) is 12.6 Å². The second-order valence-corrected chi connectivity index (χ2v) is 4.63. The van der Waals surface area contributed by atoms with Crippen LogP contribution in [0.15, 0.2) is 0 Å². The largest absolute Gasteiger partial charge is 0.338 e. The molecule has 1 aliphatic carbocycles. The van der Waals surface area contributed by atoms with Gasteiger partial charge in [-0.05, 0) is 25.2 Å². The van der Waals surface area contributed by atoms with Gasteiger partial charge in [0.2, 0.25) is 5.91 Å². The third-order valence-corrected chi connectivity index (χ3v) is 2.59. The fraction of sp³-hybridized carbons (Fsp3) is 0.909. The molecule has 1 saturated carbocycles. The van der Waals surface area contributed by atoms with Crippen LogP contribution in [0.2, 0.25) is 0 Å². The number of nitrogens with zero attached hydrogens (tertiary/aromatic N) is 1. The topological polar surface area (TPSA) is 46.3 Å². The van der Waals surface area contributed by atoms with Crippen LogP contribution in [-0.4, -0.2) is 29.4 Å². The molecule has 0 aromatic heterocycles. The van der Waals surface area contributed by atoms with E-state index >= 15 is 0 Å². The molecule has 0 saturated heterocycles. The molecule has 0 bridgehead atoms. The fourth-order valence-electron chi connectivity index (χ4n) is 1.59. The summed E-state index contributed by atoms with van der Waals surface area (Å²) in [5.41, 5.74) is 5.77. The van der Waals surface area contributed by atoms with Gasteiger partial charge in [-0.2, -0.15) is 0 Å². The molecule has 0 heterocycles. The van der Waals surface area contributed by atoms with Crippen molar-refractivity contribution in [3.63, 3.8) is 0 Å². The summed E-state index contributed by atoms with van der Waals surface area (Å²) in [4.78, 5) is 13.9. The molecule has 82 valence electrons. The van der Waals surface area contributed by atoms with Crippen molar-refractivity contribution in [1.82, 2.24) is 4.90 Å². The Morgan fingerprint density at radius 3 is 2.43 bits per heavy atom. The molecule has 0 unspecified atom stereocenters. The van der Waals surface area contributed by atoms with Crippen molar-refractivity contribution in [1.29, 1.82) is 0 Å². The van der Waals surface area contributed by atoms with Crippen molar-refractivity contribution in [3.8, 4) is 0 Å². The fourth-order valence-corrected chi connectivity index (χ4v) is 1.59. The van der Waals surface area contributed by atoms with Gasteiger partial charge in [-0.3, -0.25) is 4.79 Å². The monoisotopic (exact) mass is 198 g/mol. The molecule has 0 aromatic carbocycles. The summed E-state index contributed by atoms with van der Waals surface area (Å²) < 4.78 is 0. The molecule has 1 rings (SSSR count). The summed E-state index contributed by atoms with van der Waals surface area (Å²) >= 11 is 0. The van der Waals surface area contributed by atoms with Crippen molar-refractivity contribution in [2.45, 2.75) is 52.1 Å². The Balaban J connectivity index is 2.53. The average Bonchev–Trinajstić information content (AvgIpc) is 2.94. The number of carbonyl (C=O) groups is 1. The van der Waals surface area contributed by atoms with Gasteiger partial charge in [-0.25, -0.2) is 0 Å². The molecule has 0 aliphatic heterocycles. The lowest BCUT2D eigenvalue weighted by Gasteiger charge is -2.26. The summed E-state index contributed by atoms with van der Waals surface area (Å²) in [6.45, 7) is 7.10. The van der Waals surface area contributed by atoms with E-state index in [2.05, 4.69) is 13.8 Å². The molecule has 14 heavy (non-hydrogen) atoms. The van der Waals surface area contributed by atoms with Gasteiger partial charge in [-0.15, -0.1) is 0 Å². The van der Waals surface area contributed by atoms with E-state index < -0.39 is 0 Å². The Morgan fingerprint density at radius 1 is 1.50 bits per heavy atom. The highest BCUT2D eigenvalue weighted by molar-refractivity contribution is 5.82. The molecule has 1 fully saturated rings. The van der Waals surface area contributed by atoms with Crippen LogP contribution in [0.1, 0.15) is 40.0 Å². The number of hydrogen-bond donors (Lipinski definition) is 1. The summed E-state index contributed by atoms with van der Waals surface area (Å²) in [6, 6.07) is 0.192. The van der Waals surface area contributed by atoms with E-state index in [1.165, 1.54) is 0 Å². The maximum absolute atomic E-state index is 11.9. The van der Waals surface area contributed by atoms with Crippen molar-refractivity contribution < 1.29 is 4.79 Å². The molecule has 0 radical (unpaired) electrons. The van der Waals surface area contributed by atoms with Gasteiger partial charge in [0.1, 0.15) is 0 Å². The van der Waals surface area contributed by atoms with Gasteiger partial charge in [0.25, 0.3) is 0 Å². The number of amides is 1. The Kier molecular flexibility index (Phi) is 3.93. The number of carbonyl (C=O) groups excluding carboxylic acids is 1. The summed E-state index contributed by atoms with van der Waals surface area (Å²) in [5, 5.41) is 0. The van der Waals surface area contributed by atoms with Crippen LogP contribution >= 0.6 is 0 Å². The van der Waals surface area contributed by atoms with E-state index in [0.717, 1.165) is 25.8 Å². The first-order chi connectivity index (χ1) is 6.56. The standard InChI is InChI=1S/C11H22N2O/c1-4-10(12)11(14)13(7-8(2)3)9-5-6-9/h8-10H,4-7,12H2,1-3H3/t10-/m1/s1. The van der Waals surface area contributed by atoms with E-state index in [-0.39, 0.29) is 11.9 Å². The molecule has 0 spiro atoms. The molecule has 2 N–H and O–H groups in total. The minimum Gasteiger partial charge on any atom is -0.338 e. The van der Waals surface area contributed by atoms with Crippen LogP contribution in [0.5, 0.6) is 0 Å². The highest BCUT2D eigenvalue weighted by atomic mass is 16.2. The maximum atomic E-state index is 11.9. The third kappa shape index (κ3) is 2.98. The normalized spacial score (nSPS) is 18.4. The zero-order valence-electron chi connectivity index (χ0n) is 9.49. The SMILES string of the molecule is CC[C@@H](N)C(=O)N(CC(C)C)C1CC1. The molecule has 1 aliphatic rings. The van der Waals surface area contributed by atoms with Crippen LogP contribution in [0.3, 0.4) is 0 Å². The van der Waals surface area contributed by atoms with Crippen LogP contribution in [0, 0.1) is 5.92 Å². The highest BCUT2D eigenvalue weighted by Crippen LogP contribution is 2.28. The van der Waals surface area contributed by atoms with Gasteiger partial charge in [0.05, 0.1) is 6.04 Å². The lowest BCUT2D eigenvalue weighted by atomic mass is 10.1. The summed E-state index contributed by atoms with van der Waals surface area (Å²) in [6.07, 6.45) is 3.06. The molecular formula is C11H22N2O. The first-order valence-electron chi connectivity index (χ1n) is 5.62. The zero-order chi connectivity index (χ0) is 10.7. The average molecular weight is 198 g/mol. The second-order valence-electron chi connectivity index (χ2n) is 4.63. The van der Waals surface area contributed by atoms with Crippen molar-refractivity contribution in [2.75, 3.05) is 6.54 Å². The second kappa shape index (κ2) is 4.78. The predicted octanol–water partition coefficient (Wildman–Crippen LogP) is 1.37. The van der Waals surface area contributed by atoms with Crippen molar-refractivity contribution in [3.05, 3.63) is 0 Å². The lowest BCUT2D eigenvalue weighted by molar-refractivity contribution is -0.133. The van der Waals surface area contributed by atoms with Crippen LogP contribution < -0.4 is 5.73 Å². The first kappa shape index (κ1) is 11.5. The van der Waals surface area contributed by atoms with E-state index in [9.17, 15) is 4.79 Å². The first-order valence-corrected chi connectivity index (χ1v) is 5.62. The Hall–Kier alpha value is -0.570. The summed E-state index contributed by atoms with van der Waals surface area (Å²) in [7, 11) is 0. The molecule has 0 aromatic rings. The molecule has 3 heteroatoms. The lowest BCUT2D eigenvalue weighted by Crippen LogP contribution is -2.46. The van der Waals surface area contributed by atoms with E-state index in [0.29, 0.717) is 12.0 Å². The van der Waals surface area contributed by atoms with Crippen LogP contribution in [0.25, 0.3) is 0 Å². The van der Waals surface area contributed by atoms with Gasteiger partial charge >= 0.3 is 0 Å². The van der Waals surface area contributed by atoms with Gasteiger partial charge in [-0.1, -0.05) is 20.8 Å². The molecule has 1 atom stereocenters. The van der Waals surface area contributed by atoms with Crippen molar-refractivity contribution in [2.24, 2.45) is 11.7 Å². The van der Waals surface area contributed by atoms with Gasteiger partial charge in [0.15, 0.2) is 0 Å². The Labute approximate surface area is 86.6 Å². The zero-order valence-corrected chi connectivity index (χ0v) is 9.49. The minimum atomic E-state index is -0.297. The van der Waals surface area contributed by atoms with E-state index in [4.69, 9.17) is 5.73 Å². The number of nitrogens with two attached hydrogens (primary N) is 1. The minimum absolute atomic E-state index is 0.142. The smallest absolute Gasteiger partial charge is 0.239 e. The summed E-state index contributed by atoms with van der Waals surface area (Å²) in [5.74, 6) is 0.673. The van der Waals surface area contributed by atoms with Gasteiger partial charge < -0.3 is 10.6 Å². The van der Waals surface area contributed by atoms with E-state index in [1.54, 1.807) is 0 Å². The molecular weight excluding hydrogens is 176 g/mol. The van der Waals surface area contributed by atoms with Crippen LogP contribution in [0.4, 0.5) is 0 Å².